The predicted molar refractivity (Wildman–Crippen MR) is 70.1 cm³/mol. The molecule has 0 atom stereocenters. The quantitative estimate of drug-likeness (QED) is 0.864. The summed E-state index contributed by atoms with van der Waals surface area (Å²) in [4.78, 5) is 8.20. The first-order valence-corrected chi connectivity index (χ1v) is 5.99. The molecule has 0 bridgehead atoms. The number of hydrogen-bond donors (Lipinski definition) is 1. The zero-order valence-electron chi connectivity index (χ0n) is 9.87. The lowest BCUT2D eigenvalue weighted by molar-refractivity contribution is 0.437. The van der Waals surface area contributed by atoms with Crippen LogP contribution in [0.15, 0.2) is 22.7 Å². The third kappa shape index (κ3) is 2.76. The van der Waals surface area contributed by atoms with Crippen LogP contribution >= 0.6 is 15.9 Å². The minimum absolute atomic E-state index is 0.154. The number of nitrogens with zero attached hydrogens (tertiary/aromatic N) is 2. The average molecular weight is 312 g/mol. The van der Waals surface area contributed by atoms with Crippen molar-refractivity contribution in [2.24, 2.45) is 0 Å². The number of aryl methyl sites for hydroxylation is 2. The maximum Gasteiger partial charge on any atom is 0.322 e. The summed E-state index contributed by atoms with van der Waals surface area (Å²) in [7, 11) is 0. The van der Waals surface area contributed by atoms with Crippen LogP contribution in [0, 0.1) is 19.7 Å². The Balaban J connectivity index is 2.36. The molecule has 0 aliphatic heterocycles. The van der Waals surface area contributed by atoms with Gasteiger partial charge in [-0.15, -0.1) is 0 Å². The summed E-state index contributed by atoms with van der Waals surface area (Å²) in [6.45, 7) is 3.65. The minimum Gasteiger partial charge on any atom is -0.422 e. The van der Waals surface area contributed by atoms with Gasteiger partial charge in [0.2, 0.25) is 0 Å². The van der Waals surface area contributed by atoms with E-state index in [4.69, 9.17) is 10.5 Å². The lowest BCUT2D eigenvalue weighted by Gasteiger charge is -2.08. The van der Waals surface area contributed by atoms with Crippen molar-refractivity contribution in [3.8, 4) is 11.8 Å². The Hall–Kier alpha value is -1.69. The molecule has 1 aromatic heterocycles. The van der Waals surface area contributed by atoms with Gasteiger partial charge in [-0.25, -0.2) is 14.4 Å². The molecule has 0 fully saturated rings. The highest BCUT2D eigenvalue weighted by Gasteiger charge is 2.10. The number of nitrogen functional groups attached to an aromatic ring is 1. The molecule has 1 heterocycles. The van der Waals surface area contributed by atoms with E-state index >= 15 is 0 Å². The van der Waals surface area contributed by atoms with E-state index in [0.29, 0.717) is 5.69 Å². The van der Waals surface area contributed by atoms with Crippen molar-refractivity contribution in [3.63, 3.8) is 0 Å². The van der Waals surface area contributed by atoms with Gasteiger partial charge in [0, 0.05) is 17.5 Å². The van der Waals surface area contributed by atoms with Crippen LogP contribution < -0.4 is 10.5 Å². The summed E-state index contributed by atoms with van der Waals surface area (Å²) in [6.07, 6.45) is 0. The molecular formula is C12H11BrFN3O. The average Bonchev–Trinajstić information content (AvgIpc) is 2.24. The van der Waals surface area contributed by atoms with Gasteiger partial charge in [0.05, 0.1) is 10.2 Å². The molecule has 2 rings (SSSR count). The SMILES string of the molecule is Cc1cc(C)nc(Oc2cc(F)c(Br)cc2N)n1. The maximum atomic E-state index is 13.4. The number of anilines is 1. The number of aromatic nitrogens is 2. The highest BCUT2D eigenvalue weighted by molar-refractivity contribution is 9.10. The molecule has 2 aromatic rings. The van der Waals surface area contributed by atoms with Gasteiger partial charge in [0.25, 0.3) is 0 Å². The Morgan fingerprint density at radius 2 is 1.78 bits per heavy atom. The Morgan fingerprint density at radius 3 is 2.39 bits per heavy atom. The molecule has 0 radical (unpaired) electrons. The van der Waals surface area contributed by atoms with E-state index in [-0.39, 0.29) is 16.2 Å². The van der Waals surface area contributed by atoms with Crippen LogP contribution in [0.5, 0.6) is 11.8 Å². The fraction of sp³-hybridized carbons (Fsp3) is 0.167. The van der Waals surface area contributed by atoms with Crippen LogP contribution in [0.1, 0.15) is 11.4 Å². The van der Waals surface area contributed by atoms with Crippen molar-refractivity contribution in [2.75, 3.05) is 5.73 Å². The molecule has 0 amide bonds. The van der Waals surface area contributed by atoms with Gasteiger partial charge >= 0.3 is 6.01 Å². The Labute approximate surface area is 112 Å². The molecule has 0 aliphatic rings. The minimum atomic E-state index is -0.455. The van der Waals surface area contributed by atoms with Crippen molar-refractivity contribution >= 4 is 21.6 Å². The first-order valence-electron chi connectivity index (χ1n) is 5.20. The maximum absolute atomic E-state index is 13.4. The van der Waals surface area contributed by atoms with E-state index < -0.39 is 5.82 Å². The molecule has 0 saturated heterocycles. The van der Waals surface area contributed by atoms with Crippen LogP contribution in [0.4, 0.5) is 10.1 Å². The summed E-state index contributed by atoms with van der Waals surface area (Å²) < 4.78 is 19.1. The predicted octanol–water partition coefficient (Wildman–Crippen LogP) is 3.37. The molecule has 2 N–H and O–H groups in total. The zero-order chi connectivity index (χ0) is 13.3. The fourth-order valence-corrected chi connectivity index (χ4v) is 1.83. The Bertz CT molecular complexity index is 584. The Morgan fingerprint density at radius 1 is 1.17 bits per heavy atom. The zero-order valence-corrected chi connectivity index (χ0v) is 11.5. The highest BCUT2D eigenvalue weighted by Crippen LogP contribution is 2.30. The first-order chi connectivity index (χ1) is 8.45. The van der Waals surface area contributed by atoms with Crippen LogP contribution in [0.25, 0.3) is 0 Å². The fourth-order valence-electron chi connectivity index (χ4n) is 1.47. The summed E-state index contributed by atoms with van der Waals surface area (Å²) in [6, 6.07) is 4.60. The number of halogens is 2. The van der Waals surface area contributed by atoms with Crippen molar-refractivity contribution in [1.29, 1.82) is 0 Å². The van der Waals surface area contributed by atoms with Crippen molar-refractivity contribution in [3.05, 3.63) is 39.9 Å². The normalized spacial score (nSPS) is 10.4. The van der Waals surface area contributed by atoms with E-state index in [2.05, 4.69) is 25.9 Å². The van der Waals surface area contributed by atoms with Crippen molar-refractivity contribution in [1.82, 2.24) is 9.97 Å². The van der Waals surface area contributed by atoms with E-state index in [1.165, 1.54) is 12.1 Å². The molecule has 0 saturated carbocycles. The molecule has 1 aromatic carbocycles. The summed E-state index contributed by atoms with van der Waals surface area (Å²) in [5.74, 6) is -0.260. The van der Waals surface area contributed by atoms with Gasteiger partial charge in [-0.2, -0.15) is 0 Å². The monoisotopic (exact) mass is 311 g/mol. The van der Waals surface area contributed by atoms with Crippen LogP contribution in [-0.2, 0) is 0 Å². The first kappa shape index (κ1) is 12.8. The molecule has 6 heteroatoms. The molecule has 0 unspecified atom stereocenters. The van der Waals surface area contributed by atoms with Gasteiger partial charge < -0.3 is 10.5 Å². The van der Waals surface area contributed by atoms with Gasteiger partial charge in [0.1, 0.15) is 5.82 Å². The number of benzene rings is 1. The van der Waals surface area contributed by atoms with Gasteiger partial charge in [-0.3, -0.25) is 0 Å². The third-order valence-electron chi connectivity index (χ3n) is 2.22. The highest BCUT2D eigenvalue weighted by atomic mass is 79.9. The largest absolute Gasteiger partial charge is 0.422 e. The molecule has 0 aliphatic carbocycles. The molecule has 18 heavy (non-hydrogen) atoms. The Kier molecular flexibility index (Phi) is 3.47. The van der Waals surface area contributed by atoms with E-state index in [1.807, 2.05) is 19.9 Å². The lowest BCUT2D eigenvalue weighted by Crippen LogP contribution is -1.99. The second-order valence-electron chi connectivity index (χ2n) is 3.84. The topological polar surface area (TPSA) is 61.0 Å². The van der Waals surface area contributed by atoms with Gasteiger partial charge in [0.15, 0.2) is 5.75 Å². The molecule has 94 valence electrons. The van der Waals surface area contributed by atoms with Gasteiger partial charge in [-0.1, -0.05) is 0 Å². The molecular weight excluding hydrogens is 301 g/mol. The van der Waals surface area contributed by atoms with E-state index in [1.54, 1.807) is 0 Å². The number of nitrogens with two attached hydrogens (primary N) is 1. The number of rotatable bonds is 2. The smallest absolute Gasteiger partial charge is 0.322 e. The van der Waals surface area contributed by atoms with E-state index in [9.17, 15) is 4.39 Å². The second kappa shape index (κ2) is 4.89. The lowest BCUT2D eigenvalue weighted by atomic mass is 10.3. The molecule has 4 nitrogen and oxygen atoms in total. The standard InChI is InChI=1S/C12H11BrFN3O/c1-6-3-7(2)17-12(16-6)18-11-5-9(14)8(13)4-10(11)15/h3-5H,15H2,1-2H3. The van der Waals surface area contributed by atoms with Crippen LogP contribution in [-0.4, -0.2) is 9.97 Å². The van der Waals surface area contributed by atoms with Crippen LogP contribution in [0.3, 0.4) is 0 Å². The van der Waals surface area contributed by atoms with Crippen molar-refractivity contribution < 1.29 is 9.13 Å². The summed E-state index contributed by atoms with van der Waals surface area (Å²) >= 11 is 3.05. The number of hydrogen-bond acceptors (Lipinski definition) is 4. The summed E-state index contributed by atoms with van der Waals surface area (Å²) in [5.41, 5.74) is 7.59. The van der Waals surface area contributed by atoms with E-state index in [0.717, 1.165) is 11.4 Å². The molecule has 0 spiro atoms. The van der Waals surface area contributed by atoms with Gasteiger partial charge in [-0.05, 0) is 41.9 Å². The second-order valence-corrected chi connectivity index (χ2v) is 4.69. The third-order valence-corrected chi connectivity index (χ3v) is 2.82. The van der Waals surface area contributed by atoms with Crippen molar-refractivity contribution in [2.45, 2.75) is 13.8 Å². The summed E-state index contributed by atoms with van der Waals surface area (Å²) in [5, 5.41) is 0. The number of ether oxygens (including phenoxy) is 1. The van der Waals surface area contributed by atoms with Crippen LogP contribution in [0.2, 0.25) is 0 Å².